The Kier molecular flexibility index (Phi) is 3.52. The highest BCUT2D eigenvalue weighted by Gasteiger charge is 2.11. The van der Waals surface area contributed by atoms with Crippen LogP contribution in [0.3, 0.4) is 0 Å². The number of carbonyl (C=O) groups excluding carboxylic acids is 1. The minimum Gasteiger partial charge on any atom is -0.346 e. The first-order chi connectivity index (χ1) is 7.66. The van der Waals surface area contributed by atoms with Gasteiger partial charge in [0.1, 0.15) is 0 Å². The van der Waals surface area contributed by atoms with Gasteiger partial charge in [0, 0.05) is 4.88 Å². The maximum atomic E-state index is 11.7. The lowest BCUT2D eigenvalue weighted by molar-refractivity contribution is 0.0954. The van der Waals surface area contributed by atoms with Crippen molar-refractivity contribution in [3.8, 4) is 0 Å². The molecule has 0 fully saturated rings. The molecule has 0 spiro atoms. The summed E-state index contributed by atoms with van der Waals surface area (Å²) in [5.74, 6) is -0.131. The van der Waals surface area contributed by atoms with E-state index in [1.807, 2.05) is 6.92 Å². The van der Waals surface area contributed by atoms with E-state index in [9.17, 15) is 4.79 Å². The van der Waals surface area contributed by atoms with Crippen molar-refractivity contribution in [2.45, 2.75) is 13.5 Å². The number of nitrogens with one attached hydrogen (secondary N) is 1. The normalized spacial score (nSPS) is 10.4. The minimum absolute atomic E-state index is 0.131. The fourth-order valence-corrected chi connectivity index (χ4v) is 2.64. The highest BCUT2D eigenvalue weighted by Crippen LogP contribution is 2.25. The molecule has 84 valence electrons. The molecule has 0 radical (unpaired) electrons. The second kappa shape index (κ2) is 4.90. The van der Waals surface area contributed by atoms with Gasteiger partial charge < -0.3 is 5.32 Å². The Morgan fingerprint density at radius 2 is 2.44 bits per heavy atom. The second-order valence-corrected chi connectivity index (χ2v) is 5.32. The van der Waals surface area contributed by atoms with Crippen LogP contribution in [-0.2, 0) is 6.54 Å². The number of carbonyl (C=O) groups is 1. The quantitative estimate of drug-likeness (QED) is 0.935. The van der Waals surface area contributed by atoms with Crippen LogP contribution in [0.1, 0.15) is 20.2 Å². The average molecular weight is 274 g/mol. The second-order valence-electron chi connectivity index (χ2n) is 3.10. The van der Waals surface area contributed by atoms with Gasteiger partial charge in [0.15, 0.2) is 0 Å². The van der Waals surface area contributed by atoms with Gasteiger partial charge in [0.2, 0.25) is 0 Å². The summed E-state index contributed by atoms with van der Waals surface area (Å²) in [5, 5.41) is 3.39. The van der Waals surface area contributed by atoms with Crippen molar-refractivity contribution in [2.24, 2.45) is 0 Å². The monoisotopic (exact) mass is 273 g/mol. The van der Waals surface area contributed by atoms with Crippen LogP contribution in [0.15, 0.2) is 12.3 Å². The van der Waals surface area contributed by atoms with Crippen LogP contribution in [-0.4, -0.2) is 14.7 Å². The number of halogens is 1. The van der Waals surface area contributed by atoms with Gasteiger partial charge in [-0.3, -0.25) is 4.79 Å². The van der Waals surface area contributed by atoms with Gasteiger partial charge >= 0.3 is 0 Å². The first-order valence-corrected chi connectivity index (χ1v) is 6.40. The Morgan fingerprint density at radius 1 is 1.62 bits per heavy atom. The molecule has 0 bridgehead atoms. The molecule has 0 aromatic carbocycles. The van der Waals surface area contributed by atoms with Crippen molar-refractivity contribution < 1.29 is 4.79 Å². The predicted molar refractivity (Wildman–Crippen MR) is 65.1 cm³/mol. The van der Waals surface area contributed by atoms with Crippen LogP contribution in [0.2, 0.25) is 5.02 Å². The van der Waals surface area contributed by atoms with Crippen molar-refractivity contribution in [2.75, 3.05) is 0 Å². The fourth-order valence-electron chi connectivity index (χ4n) is 1.09. The molecular weight excluding hydrogens is 266 g/mol. The van der Waals surface area contributed by atoms with Crippen LogP contribution in [0, 0.1) is 6.92 Å². The standard InChI is InChI=1S/C9H8ClN3OS2/c1-5-7(10)2-8(15-5)9(14)11-3-6-4-12-16-13-6/h2,4H,3H2,1H3,(H,11,14). The number of nitrogens with zero attached hydrogens (tertiary/aromatic N) is 2. The molecule has 2 aromatic rings. The molecule has 0 aliphatic heterocycles. The molecule has 2 rings (SSSR count). The molecule has 16 heavy (non-hydrogen) atoms. The molecule has 2 heterocycles. The molecule has 7 heteroatoms. The Morgan fingerprint density at radius 3 is 3.00 bits per heavy atom. The van der Waals surface area contributed by atoms with E-state index >= 15 is 0 Å². The molecule has 0 unspecified atom stereocenters. The number of amides is 1. The molecule has 0 saturated carbocycles. The topological polar surface area (TPSA) is 54.9 Å². The van der Waals surface area contributed by atoms with Gasteiger partial charge in [0.25, 0.3) is 5.91 Å². The van der Waals surface area contributed by atoms with E-state index in [4.69, 9.17) is 11.6 Å². The van der Waals surface area contributed by atoms with Crippen LogP contribution in [0.25, 0.3) is 0 Å². The molecule has 0 aliphatic rings. The van der Waals surface area contributed by atoms with E-state index in [1.54, 1.807) is 12.3 Å². The van der Waals surface area contributed by atoms with Crippen molar-refractivity contribution in [1.29, 1.82) is 0 Å². The number of thiophene rings is 1. The van der Waals surface area contributed by atoms with Crippen molar-refractivity contribution in [1.82, 2.24) is 14.1 Å². The summed E-state index contributed by atoms with van der Waals surface area (Å²) in [4.78, 5) is 13.3. The molecule has 4 nitrogen and oxygen atoms in total. The Balaban J connectivity index is 1.98. The third-order valence-electron chi connectivity index (χ3n) is 1.92. The number of hydrogen-bond donors (Lipinski definition) is 1. The lowest BCUT2D eigenvalue weighted by atomic mass is 10.4. The molecular formula is C9H8ClN3OS2. The summed E-state index contributed by atoms with van der Waals surface area (Å²) in [6.45, 7) is 2.28. The highest BCUT2D eigenvalue weighted by atomic mass is 35.5. The third-order valence-corrected chi connectivity index (χ3v) is 3.99. The zero-order valence-electron chi connectivity index (χ0n) is 8.36. The average Bonchev–Trinajstić information content (AvgIpc) is 2.86. The Labute approximate surface area is 106 Å². The number of hydrogen-bond acceptors (Lipinski definition) is 5. The summed E-state index contributed by atoms with van der Waals surface area (Å²) < 4.78 is 7.85. The number of rotatable bonds is 3. The predicted octanol–water partition coefficient (Wildman–Crippen LogP) is 2.49. The van der Waals surface area contributed by atoms with Crippen LogP contribution >= 0.6 is 34.7 Å². The number of aryl methyl sites for hydroxylation is 1. The zero-order chi connectivity index (χ0) is 11.5. The van der Waals surface area contributed by atoms with Crippen LogP contribution < -0.4 is 5.32 Å². The lowest BCUT2D eigenvalue weighted by Crippen LogP contribution is -2.21. The number of aromatic nitrogens is 2. The van der Waals surface area contributed by atoms with Crippen LogP contribution in [0.4, 0.5) is 0 Å². The first-order valence-electron chi connectivity index (χ1n) is 4.47. The van der Waals surface area contributed by atoms with E-state index in [0.717, 1.165) is 22.3 Å². The smallest absolute Gasteiger partial charge is 0.261 e. The molecule has 0 atom stereocenters. The molecule has 0 aliphatic carbocycles. The maximum Gasteiger partial charge on any atom is 0.261 e. The summed E-state index contributed by atoms with van der Waals surface area (Å²) in [6, 6.07) is 1.68. The Hall–Kier alpha value is -0.980. The maximum absolute atomic E-state index is 11.7. The van der Waals surface area contributed by atoms with E-state index in [0.29, 0.717) is 16.4 Å². The highest BCUT2D eigenvalue weighted by molar-refractivity contribution is 7.14. The van der Waals surface area contributed by atoms with Gasteiger partial charge in [-0.1, -0.05) is 11.6 Å². The Bertz CT molecular complexity index is 475. The van der Waals surface area contributed by atoms with Crippen LogP contribution in [0.5, 0.6) is 0 Å². The SMILES string of the molecule is Cc1sc(C(=O)NCc2cnsn2)cc1Cl. The van der Waals surface area contributed by atoms with E-state index < -0.39 is 0 Å². The molecule has 1 N–H and O–H groups in total. The molecule has 2 aromatic heterocycles. The van der Waals surface area contributed by atoms with Gasteiger partial charge in [-0.15, -0.1) is 11.3 Å². The van der Waals surface area contributed by atoms with E-state index in [1.165, 1.54) is 11.3 Å². The summed E-state index contributed by atoms with van der Waals surface area (Å²) in [6.07, 6.45) is 1.64. The summed E-state index contributed by atoms with van der Waals surface area (Å²) in [5.41, 5.74) is 0.762. The molecule has 0 saturated heterocycles. The van der Waals surface area contributed by atoms with Gasteiger partial charge in [-0.25, -0.2) is 0 Å². The van der Waals surface area contributed by atoms with Gasteiger partial charge in [0.05, 0.1) is 40.1 Å². The van der Waals surface area contributed by atoms with E-state index in [2.05, 4.69) is 14.1 Å². The van der Waals surface area contributed by atoms with Gasteiger partial charge in [-0.2, -0.15) is 8.75 Å². The minimum atomic E-state index is -0.131. The largest absolute Gasteiger partial charge is 0.346 e. The van der Waals surface area contributed by atoms with Crippen molar-refractivity contribution in [3.05, 3.63) is 32.7 Å². The van der Waals surface area contributed by atoms with Gasteiger partial charge in [-0.05, 0) is 13.0 Å². The van der Waals surface area contributed by atoms with E-state index in [-0.39, 0.29) is 5.91 Å². The summed E-state index contributed by atoms with van der Waals surface area (Å²) >= 11 is 8.39. The summed E-state index contributed by atoms with van der Waals surface area (Å²) in [7, 11) is 0. The lowest BCUT2D eigenvalue weighted by Gasteiger charge is -1.99. The third kappa shape index (κ3) is 2.58. The first kappa shape index (κ1) is 11.5. The van der Waals surface area contributed by atoms with Crippen molar-refractivity contribution >= 4 is 40.6 Å². The zero-order valence-corrected chi connectivity index (χ0v) is 10.7. The molecule has 1 amide bonds. The van der Waals surface area contributed by atoms with Crippen molar-refractivity contribution in [3.63, 3.8) is 0 Å². The fraction of sp³-hybridized carbons (Fsp3) is 0.222.